The molecule has 1 aliphatic carbocycles. The maximum Gasteiger partial charge on any atom is 0.132 e. The molecule has 3 rings (SSSR count). The first-order valence-electron chi connectivity index (χ1n) is 6.82. The van der Waals surface area contributed by atoms with Gasteiger partial charge in [0, 0.05) is 19.2 Å². The predicted octanol–water partition coefficient (Wildman–Crippen LogP) is 1.78. The van der Waals surface area contributed by atoms with E-state index in [4.69, 9.17) is 4.74 Å². The summed E-state index contributed by atoms with van der Waals surface area (Å²) >= 11 is 0. The first-order chi connectivity index (χ1) is 10.2. The normalized spacial score (nSPS) is 16.3. The Morgan fingerprint density at radius 1 is 1.52 bits per heavy atom. The molecule has 0 spiro atoms. The molecule has 1 aliphatic rings. The van der Waals surface area contributed by atoms with Gasteiger partial charge in [-0.3, -0.25) is 4.68 Å². The third-order valence-electron chi connectivity index (χ3n) is 3.73. The highest BCUT2D eigenvalue weighted by Crippen LogP contribution is 2.32. The lowest BCUT2D eigenvalue weighted by molar-refractivity contribution is -0.110. The van der Waals surface area contributed by atoms with Gasteiger partial charge in [-0.1, -0.05) is 0 Å². The molecule has 5 heteroatoms. The molecule has 0 aliphatic heterocycles. The van der Waals surface area contributed by atoms with Crippen molar-refractivity contribution in [3.63, 3.8) is 0 Å². The average Bonchev–Trinajstić information content (AvgIpc) is 3.09. The molecular weight excluding hydrogens is 266 g/mol. The number of carbonyl (C=O) groups is 1. The van der Waals surface area contributed by atoms with Crippen molar-refractivity contribution < 1.29 is 9.53 Å². The number of benzene rings is 1. The van der Waals surface area contributed by atoms with Gasteiger partial charge in [-0.2, -0.15) is 10.4 Å². The van der Waals surface area contributed by atoms with E-state index in [1.807, 2.05) is 25.4 Å². The van der Waals surface area contributed by atoms with Gasteiger partial charge in [-0.25, -0.2) is 0 Å². The Bertz CT molecular complexity index is 728. The van der Waals surface area contributed by atoms with E-state index in [1.165, 1.54) is 0 Å². The second kappa shape index (κ2) is 5.41. The van der Waals surface area contributed by atoms with Gasteiger partial charge >= 0.3 is 0 Å². The van der Waals surface area contributed by atoms with Crippen LogP contribution in [0.4, 0.5) is 0 Å². The molecule has 5 nitrogen and oxygen atoms in total. The van der Waals surface area contributed by atoms with Crippen molar-refractivity contribution in [3.8, 4) is 11.8 Å². The van der Waals surface area contributed by atoms with Crippen LogP contribution in [-0.2, 0) is 31.3 Å². The summed E-state index contributed by atoms with van der Waals surface area (Å²) in [6, 6.07) is 7.77. The molecule has 0 bridgehead atoms. The number of fused-ring (bicyclic) bond motifs is 1. The third-order valence-corrected chi connectivity index (χ3v) is 3.73. The number of hydrogen-bond donors (Lipinski definition) is 0. The first kappa shape index (κ1) is 13.4. The van der Waals surface area contributed by atoms with E-state index in [0.717, 1.165) is 23.1 Å². The molecule has 0 N–H and O–H groups in total. The van der Waals surface area contributed by atoms with E-state index in [0.29, 0.717) is 30.8 Å². The number of carbonyl (C=O) groups excluding carboxylic acids is 1. The summed E-state index contributed by atoms with van der Waals surface area (Å²) < 4.78 is 7.45. The summed E-state index contributed by atoms with van der Waals surface area (Å²) in [5.74, 6) is 0.639. The van der Waals surface area contributed by atoms with E-state index in [9.17, 15) is 10.1 Å². The van der Waals surface area contributed by atoms with Gasteiger partial charge in [0.15, 0.2) is 0 Å². The summed E-state index contributed by atoms with van der Waals surface area (Å²) in [6.45, 7) is 0.363. The molecule has 2 aromatic rings. The smallest absolute Gasteiger partial charge is 0.132 e. The summed E-state index contributed by atoms with van der Waals surface area (Å²) in [5, 5.41) is 13.5. The summed E-state index contributed by atoms with van der Waals surface area (Å²) in [7, 11) is 1.85. The molecule has 0 amide bonds. The predicted molar refractivity (Wildman–Crippen MR) is 75.7 cm³/mol. The van der Waals surface area contributed by atoms with Gasteiger partial charge in [0.1, 0.15) is 18.6 Å². The van der Waals surface area contributed by atoms with Gasteiger partial charge in [0.2, 0.25) is 0 Å². The molecule has 1 aromatic carbocycles. The maximum absolute atomic E-state index is 10.9. The molecule has 1 atom stereocenters. The SMILES string of the molecule is Cn1ccc(COc2cc(C#N)c3c(c2)CC(C=O)C3)n1. The molecule has 1 unspecified atom stereocenters. The Morgan fingerprint density at radius 3 is 3.05 bits per heavy atom. The van der Waals surface area contributed by atoms with Gasteiger partial charge in [-0.15, -0.1) is 0 Å². The Hall–Kier alpha value is -2.61. The minimum absolute atomic E-state index is 0.0156. The quantitative estimate of drug-likeness (QED) is 0.801. The number of nitriles is 1. The lowest BCUT2D eigenvalue weighted by Gasteiger charge is -2.08. The van der Waals surface area contributed by atoms with Gasteiger partial charge in [0.25, 0.3) is 0 Å². The van der Waals surface area contributed by atoms with Crippen LogP contribution in [0.2, 0.25) is 0 Å². The molecule has 1 aromatic heterocycles. The second-order valence-corrected chi connectivity index (χ2v) is 5.29. The van der Waals surface area contributed by atoms with Crippen molar-refractivity contribution in [3.05, 3.63) is 46.8 Å². The van der Waals surface area contributed by atoms with Crippen molar-refractivity contribution >= 4 is 6.29 Å². The topological polar surface area (TPSA) is 67.9 Å². The van der Waals surface area contributed by atoms with E-state index in [1.54, 1.807) is 10.7 Å². The Kier molecular flexibility index (Phi) is 3.44. The Labute approximate surface area is 122 Å². The molecule has 0 saturated heterocycles. The number of aromatic nitrogens is 2. The van der Waals surface area contributed by atoms with Gasteiger partial charge in [0.05, 0.1) is 17.3 Å². The average molecular weight is 281 g/mol. The van der Waals surface area contributed by atoms with Crippen LogP contribution in [0.3, 0.4) is 0 Å². The molecule has 106 valence electrons. The van der Waals surface area contributed by atoms with Crippen LogP contribution in [0.1, 0.15) is 22.4 Å². The molecule has 21 heavy (non-hydrogen) atoms. The first-order valence-corrected chi connectivity index (χ1v) is 6.82. The summed E-state index contributed by atoms with van der Waals surface area (Å²) in [5.41, 5.74) is 3.47. The highest BCUT2D eigenvalue weighted by Gasteiger charge is 2.24. The Morgan fingerprint density at radius 2 is 2.38 bits per heavy atom. The standard InChI is InChI=1S/C16H15N3O2/c1-19-3-2-14(18-19)10-21-15-6-12-4-11(9-20)5-16(12)13(7-15)8-17/h2-3,6-7,9,11H,4-5,10H2,1H3. The van der Waals surface area contributed by atoms with Crippen LogP contribution in [-0.4, -0.2) is 16.1 Å². The van der Waals surface area contributed by atoms with Crippen molar-refractivity contribution in [2.75, 3.05) is 0 Å². The number of ether oxygens (including phenoxy) is 1. The van der Waals surface area contributed by atoms with Crippen LogP contribution in [0.15, 0.2) is 24.4 Å². The fourth-order valence-corrected chi connectivity index (χ4v) is 2.72. The lowest BCUT2D eigenvalue weighted by atomic mass is 10.0. The Balaban J connectivity index is 1.81. The number of aryl methyl sites for hydroxylation is 1. The van der Waals surface area contributed by atoms with Crippen LogP contribution < -0.4 is 4.74 Å². The van der Waals surface area contributed by atoms with E-state index in [2.05, 4.69) is 11.2 Å². The number of nitrogens with zero attached hydrogens (tertiary/aromatic N) is 3. The van der Waals surface area contributed by atoms with Crippen molar-refractivity contribution in [1.82, 2.24) is 9.78 Å². The highest BCUT2D eigenvalue weighted by molar-refractivity contribution is 5.61. The third kappa shape index (κ3) is 2.65. The van der Waals surface area contributed by atoms with Crippen LogP contribution in [0, 0.1) is 17.2 Å². The summed E-state index contributed by atoms with van der Waals surface area (Å²) in [4.78, 5) is 10.9. The van der Waals surface area contributed by atoms with E-state index >= 15 is 0 Å². The highest BCUT2D eigenvalue weighted by atomic mass is 16.5. The molecule has 1 heterocycles. The second-order valence-electron chi connectivity index (χ2n) is 5.29. The van der Waals surface area contributed by atoms with Crippen molar-refractivity contribution in [1.29, 1.82) is 5.26 Å². The lowest BCUT2D eigenvalue weighted by Crippen LogP contribution is -1.99. The zero-order chi connectivity index (χ0) is 14.8. The van der Waals surface area contributed by atoms with E-state index in [-0.39, 0.29) is 5.92 Å². The zero-order valence-electron chi connectivity index (χ0n) is 11.7. The van der Waals surface area contributed by atoms with Gasteiger partial charge < -0.3 is 9.53 Å². The largest absolute Gasteiger partial charge is 0.487 e. The molecule has 0 saturated carbocycles. The van der Waals surface area contributed by atoms with Gasteiger partial charge in [-0.05, 0) is 42.2 Å². The maximum atomic E-state index is 10.9. The van der Waals surface area contributed by atoms with Crippen LogP contribution >= 0.6 is 0 Å². The number of hydrogen-bond acceptors (Lipinski definition) is 4. The van der Waals surface area contributed by atoms with E-state index < -0.39 is 0 Å². The minimum Gasteiger partial charge on any atom is -0.487 e. The fourth-order valence-electron chi connectivity index (χ4n) is 2.72. The molecule has 0 fully saturated rings. The molecular formula is C16H15N3O2. The zero-order valence-corrected chi connectivity index (χ0v) is 11.7. The number of aldehydes is 1. The van der Waals surface area contributed by atoms with Crippen LogP contribution in [0.5, 0.6) is 5.75 Å². The minimum atomic E-state index is -0.0156. The van der Waals surface area contributed by atoms with Crippen molar-refractivity contribution in [2.45, 2.75) is 19.4 Å². The fraction of sp³-hybridized carbons (Fsp3) is 0.312. The molecule has 0 radical (unpaired) electrons. The summed E-state index contributed by atoms with van der Waals surface area (Å²) in [6.07, 6.45) is 4.17. The van der Waals surface area contributed by atoms with Crippen LogP contribution in [0.25, 0.3) is 0 Å². The number of rotatable bonds is 4. The monoisotopic (exact) mass is 281 g/mol. The van der Waals surface area contributed by atoms with Crippen molar-refractivity contribution in [2.24, 2.45) is 13.0 Å².